The molecule has 0 bridgehead atoms. The third-order valence-corrected chi connectivity index (χ3v) is 4.75. The molecule has 0 aromatic carbocycles. The molecule has 2 aliphatic rings. The monoisotopic (exact) mass is 331 g/mol. The van der Waals surface area contributed by atoms with Gasteiger partial charge in [-0.05, 0) is 11.6 Å². The van der Waals surface area contributed by atoms with E-state index < -0.39 is 0 Å². The maximum atomic E-state index is 12.5. The lowest BCUT2D eigenvalue weighted by atomic mass is 9.86. The van der Waals surface area contributed by atoms with E-state index in [0.29, 0.717) is 26.1 Å². The number of rotatable bonds is 2. The van der Waals surface area contributed by atoms with E-state index in [0.717, 1.165) is 25.2 Å². The smallest absolute Gasteiger partial charge is 0.319 e. The van der Waals surface area contributed by atoms with Crippen LogP contribution in [0.3, 0.4) is 0 Å². The Balaban J connectivity index is 1.78. The predicted molar refractivity (Wildman–Crippen MR) is 90.2 cm³/mol. The molecule has 1 N–H and O–H groups in total. The number of carbonyl (C=O) groups excluding carboxylic acids is 2. The number of pyridine rings is 1. The Morgan fingerprint density at radius 1 is 1.38 bits per heavy atom. The fourth-order valence-corrected chi connectivity index (χ4v) is 3.66. The van der Waals surface area contributed by atoms with Crippen LogP contribution in [0.1, 0.15) is 12.0 Å². The van der Waals surface area contributed by atoms with Gasteiger partial charge in [-0.3, -0.25) is 14.7 Å². The highest BCUT2D eigenvalue weighted by Crippen LogP contribution is 2.31. The van der Waals surface area contributed by atoms with E-state index in [-0.39, 0.29) is 17.4 Å². The fraction of sp³-hybridized carbons (Fsp3) is 0.588. The van der Waals surface area contributed by atoms with Gasteiger partial charge in [0.1, 0.15) is 0 Å². The summed E-state index contributed by atoms with van der Waals surface area (Å²) in [4.78, 5) is 34.3. The number of aromatic nitrogens is 1. The fourth-order valence-electron chi connectivity index (χ4n) is 3.66. The maximum absolute atomic E-state index is 12.5. The molecule has 24 heavy (non-hydrogen) atoms. The molecule has 7 nitrogen and oxygen atoms in total. The van der Waals surface area contributed by atoms with Crippen molar-refractivity contribution in [2.75, 3.05) is 46.8 Å². The Labute approximate surface area is 142 Å². The van der Waals surface area contributed by atoms with Gasteiger partial charge in [0.25, 0.3) is 0 Å². The van der Waals surface area contributed by atoms with E-state index in [2.05, 4.69) is 21.3 Å². The molecule has 2 fully saturated rings. The lowest BCUT2D eigenvalue weighted by molar-refractivity contribution is -0.119. The molecule has 0 radical (unpaired) electrons. The first-order valence-electron chi connectivity index (χ1n) is 8.32. The van der Waals surface area contributed by atoms with Crippen molar-refractivity contribution >= 4 is 11.9 Å². The van der Waals surface area contributed by atoms with Gasteiger partial charge in [-0.25, -0.2) is 4.79 Å². The Hall–Kier alpha value is -2.15. The van der Waals surface area contributed by atoms with E-state index in [1.807, 2.05) is 17.2 Å². The zero-order valence-corrected chi connectivity index (χ0v) is 14.4. The summed E-state index contributed by atoms with van der Waals surface area (Å²) in [5.74, 6) is 0.0791. The molecule has 1 unspecified atom stereocenters. The van der Waals surface area contributed by atoms with Gasteiger partial charge in [-0.2, -0.15) is 0 Å². The molecule has 130 valence electrons. The second-order valence-electron chi connectivity index (χ2n) is 7.12. The average Bonchev–Trinajstić information content (AvgIpc) is 2.81. The number of urea groups is 1. The Kier molecular flexibility index (Phi) is 4.71. The van der Waals surface area contributed by atoms with Crippen LogP contribution in [-0.2, 0) is 11.3 Å². The van der Waals surface area contributed by atoms with Crippen LogP contribution in [0.2, 0.25) is 0 Å². The van der Waals surface area contributed by atoms with Crippen LogP contribution < -0.4 is 5.32 Å². The lowest BCUT2D eigenvalue weighted by Crippen LogP contribution is -2.47. The van der Waals surface area contributed by atoms with Crippen LogP contribution in [0.4, 0.5) is 4.79 Å². The van der Waals surface area contributed by atoms with E-state index >= 15 is 0 Å². The minimum atomic E-state index is -0.207. The van der Waals surface area contributed by atoms with Crippen molar-refractivity contribution in [2.45, 2.75) is 13.0 Å². The van der Waals surface area contributed by atoms with E-state index in [4.69, 9.17) is 0 Å². The highest BCUT2D eigenvalue weighted by molar-refractivity contribution is 5.80. The molecule has 3 heterocycles. The summed E-state index contributed by atoms with van der Waals surface area (Å²) >= 11 is 0. The predicted octanol–water partition coefficient (Wildman–Crippen LogP) is 0.387. The molecule has 2 aliphatic heterocycles. The summed E-state index contributed by atoms with van der Waals surface area (Å²) < 4.78 is 0. The Morgan fingerprint density at radius 2 is 2.21 bits per heavy atom. The largest absolute Gasteiger partial charge is 0.355 e. The number of nitrogens with zero attached hydrogens (tertiary/aromatic N) is 4. The number of carbonyl (C=O) groups is 2. The van der Waals surface area contributed by atoms with Gasteiger partial charge < -0.3 is 15.1 Å². The van der Waals surface area contributed by atoms with Crippen molar-refractivity contribution < 1.29 is 9.59 Å². The molecule has 1 spiro atoms. The third-order valence-electron chi connectivity index (χ3n) is 4.75. The number of nitrogens with one attached hydrogen (secondary N) is 1. The number of hydrogen-bond acceptors (Lipinski definition) is 4. The molecule has 3 rings (SSSR count). The van der Waals surface area contributed by atoms with Crippen LogP contribution in [0, 0.1) is 5.41 Å². The average molecular weight is 331 g/mol. The molecule has 0 aliphatic carbocycles. The second-order valence-corrected chi connectivity index (χ2v) is 7.12. The topological polar surface area (TPSA) is 68.8 Å². The summed E-state index contributed by atoms with van der Waals surface area (Å²) in [6.07, 6.45) is 4.12. The Bertz CT molecular complexity index is 606. The Morgan fingerprint density at radius 3 is 2.83 bits per heavy atom. The molecular weight excluding hydrogens is 306 g/mol. The van der Waals surface area contributed by atoms with Crippen molar-refractivity contribution in [3.8, 4) is 0 Å². The molecule has 2 saturated heterocycles. The van der Waals surface area contributed by atoms with Crippen LogP contribution >= 0.6 is 0 Å². The third kappa shape index (κ3) is 3.67. The zero-order valence-electron chi connectivity index (χ0n) is 14.4. The lowest BCUT2D eigenvalue weighted by Gasteiger charge is -2.33. The first-order valence-corrected chi connectivity index (χ1v) is 8.32. The highest BCUT2D eigenvalue weighted by atomic mass is 16.2. The standard InChI is InChI=1S/C17H25N5O2/c1-20(2)16(24)22-7-6-21(10-14-4-3-5-18-9-14)12-17(13-22)8-15(23)19-11-17/h3-5,9H,6-8,10-13H2,1-2H3,(H,19,23). The van der Waals surface area contributed by atoms with Crippen molar-refractivity contribution in [1.82, 2.24) is 25.0 Å². The van der Waals surface area contributed by atoms with Gasteiger partial charge in [0.15, 0.2) is 0 Å². The van der Waals surface area contributed by atoms with Crippen LogP contribution in [0.15, 0.2) is 24.5 Å². The van der Waals surface area contributed by atoms with Crippen LogP contribution in [0.25, 0.3) is 0 Å². The van der Waals surface area contributed by atoms with Crippen LogP contribution in [0.5, 0.6) is 0 Å². The summed E-state index contributed by atoms with van der Waals surface area (Å²) in [6.45, 7) is 4.31. The van der Waals surface area contributed by atoms with Crippen molar-refractivity contribution in [3.63, 3.8) is 0 Å². The van der Waals surface area contributed by atoms with Gasteiger partial charge in [0, 0.05) is 77.6 Å². The highest BCUT2D eigenvalue weighted by Gasteiger charge is 2.44. The zero-order chi connectivity index (χ0) is 17.2. The maximum Gasteiger partial charge on any atom is 0.319 e. The second kappa shape index (κ2) is 6.76. The first kappa shape index (κ1) is 16.7. The molecule has 7 heteroatoms. The summed E-state index contributed by atoms with van der Waals surface area (Å²) in [6, 6.07) is 4.01. The molecule has 3 amide bonds. The van der Waals surface area contributed by atoms with Gasteiger partial charge in [0.05, 0.1) is 0 Å². The van der Waals surface area contributed by atoms with Crippen molar-refractivity contribution in [2.24, 2.45) is 5.41 Å². The van der Waals surface area contributed by atoms with E-state index in [9.17, 15) is 9.59 Å². The molecule has 0 saturated carbocycles. The summed E-state index contributed by atoms with van der Waals surface area (Å²) in [5, 5.41) is 2.95. The van der Waals surface area contributed by atoms with Gasteiger partial charge in [-0.1, -0.05) is 6.07 Å². The van der Waals surface area contributed by atoms with E-state index in [1.165, 1.54) is 0 Å². The summed E-state index contributed by atoms with van der Waals surface area (Å²) in [7, 11) is 3.54. The molecule has 1 aromatic rings. The van der Waals surface area contributed by atoms with Gasteiger partial charge >= 0.3 is 6.03 Å². The number of hydrogen-bond donors (Lipinski definition) is 1. The normalized spacial score (nSPS) is 24.8. The molecular formula is C17H25N5O2. The van der Waals surface area contributed by atoms with Crippen molar-refractivity contribution in [1.29, 1.82) is 0 Å². The SMILES string of the molecule is CN(C)C(=O)N1CCN(Cc2cccnc2)CC2(CNC(=O)C2)C1. The first-order chi connectivity index (χ1) is 11.5. The van der Waals surface area contributed by atoms with Gasteiger partial charge in [0.2, 0.25) is 5.91 Å². The van der Waals surface area contributed by atoms with Gasteiger partial charge in [-0.15, -0.1) is 0 Å². The van der Waals surface area contributed by atoms with E-state index in [1.54, 1.807) is 25.2 Å². The molecule has 1 atom stereocenters. The summed E-state index contributed by atoms with van der Waals surface area (Å²) in [5.41, 5.74) is 0.943. The molecule has 1 aromatic heterocycles. The minimum Gasteiger partial charge on any atom is -0.355 e. The minimum absolute atomic E-state index is 0.0111. The quantitative estimate of drug-likeness (QED) is 0.851. The van der Waals surface area contributed by atoms with Crippen molar-refractivity contribution in [3.05, 3.63) is 30.1 Å². The number of amides is 3. The van der Waals surface area contributed by atoms with Crippen LogP contribution in [-0.4, -0.2) is 78.4 Å².